The minimum atomic E-state index is 0.333. The van der Waals surface area contributed by atoms with Gasteiger partial charge in [0, 0.05) is 16.4 Å². The second-order valence-corrected chi connectivity index (χ2v) is 7.35. The van der Waals surface area contributed by atoms with Crippen molar-refractivity contribution in [3.63, 3.8) is 0 Å². The van der Waals surface area contributed by atoms with Crippen LogP contribution in [0.1, 0.15) is 31.2 Å². The van der Waals surface area contributed by atoms with Gasteiger partial charge in [-0.15, -0.1) is 0 Å². The molecule has 20 heavy (non-hydrogen) atoms. The van der Waals surface area contributed by atoms with Crippen LogP contribution in [0.2, 0.25) is 0 Å². The van der Waals surface area contributed by atoms with Crippen LogP contribution in [0.4, 0.5) is 0 Å². The normalized spacial score (nSPS) is 29.5. The molecule has 1 unspecified atom stereocenters. The number of hydrogen-bond acceptors (Lipinski definition) is 2. The predicted molar refractivity (Wildman–Crippen MR) is 88.1 cm³/mol. The van der Waals surface area contributed by atoms with Crippen molar-refractivity contribution in [1.82, 2.24) is 10.2 Å². The van der Waals surface area contributed by atoms with Crippen molar-refractivity contribution >= 4 is 15.9 Å². The molecule has 0 bridgehead atoms. The van der Waals surface area contributed by atoms with Crippen molar-refractivity contribution < 1.29 is 0 Å². The minimum absolute atomic E-state index is 0.333. The highest BCUT2D eigenvalue weighted by atomic mass is 79.9. The summed E-state index contributed by atoms with van der Waals surface area (Å²) in [6, 6.07) is 8.88. The Hall–Kier alpha value is -0.380. The maximum absolute atomic E-state index is 3.81. The Morgan fingerprint density at radius 1 is 1.25 bits per heavy atom. The van der Waals surface area contributed by atoms with Crippen LogP contribution < -0.4 is 5.32 Å². The van der Waals surface area contributed by atoms with Gasteiger partial charge in [0.1, 0.15) is 0 Å². The average Bonchev–Trinajstić information content (AvgIpc) is 2.49. The number of likely N-dealkylation sites (tertiary alicyclic amines) is 1. The lowest BCUT2D eigenvalue weighted by atomic mass is 9.63. The highest BCUT2D eigenvalue weighted by molar-refractivity contribution is 9.10. The first-order valence-corrected chi connectivity index (χ1v) is 8.66. The van der Waals surface area contributed by atoms with Crippen LogP contribution >= 0.6 is 15.9 Å². The van der Waals surface area contributed by atoms with Gasteiger partial charge in [-0.1, -0.05) is 34.1 Å². The smallest absolute Gasteiger partial charge is 0.0213 e. The Morgan fingerprint density at radius 3 is 2.65 bits per heavy atom. The number of rotatable bonds is 2. The van der Waals surface area contributed by atoms with Crippen molar-refractivity contribution in [3.8, 4) is 0 Å². The maximum Gasteiger partial charge on any atom is 0.0213 e. The molecule has 1 aromatic rings. The Bertz CT molecular complexity index is 446. The summed E-state index contributed by atoms with van der Waals surface area (Å²) >= 11 is 3.81. The Balaban J connectivity index is 1.94. The van der Waals surface area contributed by atoms with E-state index in [0.717, 1.165) is 12.5 Å². The molecule has 2 nitrogen and oxygen atoms in total. The molecule has 0 aliphatic carbocycles. The van der Waals surface area contributed by atoms with Gasteiger partial charge in [0.05, 0.1) is 0 Å². The number of halogens is 1. The van der Waals surface area contributed by atoms with Crippen LogP contribution in [0, 0.1) is 5.92 Å². The van der Waals surface area contributed by atoms with Crippen LogP contribution in [0.5, 0.6) is 0 Å². The zero-order chi connectivity index (χ0) is 14.0. The molecular weight excluding hydrogens is 312 g/mol. The minimum Gasteiger partial charge on any atom is -0.316 e. The summed E-state index contributed by atoms with van der Waals surface area (Å²) in [6.07, 6.45) is 5.30. The Kier molecular flexibility index (Phi) is 4.49. The van der Waals surface area contributed by atoms with Crippen LogP contribution in [-0.2, 0) is 5.41 Å². The third-order valence-corrected chi connectivity index (χ3v) is 6.02. The molecule has 2 fully saturated rings. The zero-order valence-corrected chi connectivity index (χ0v) is 14.0. The SMILES string of the molecule is CN1CCC(C2(c3ccccc3Br)CCCNC2)CC1. The van der Waals surface area contributed by atoms with E-state index < -0.39 is 0 Å². The quantitative estimate of drug-likeness (QED) is 0.890. The summed E-state index contributed by atoms with van der Waals surface area (Å²) in [4.78, 5) is 2.47. The predicted octanol–water partition coefficient (Wildman–Crippen LogP) is 3.41. The summed E-state index contributed by atoms with van der Waals surface area (Å²) in [5, 5.41) is 3.68. The molecule has 2 saturated heterocycles. The first-order chi connectivity index (χ1) is 9.72. The molecule has 0 spiro atoms. The molecule has 2 aliphatic rings. The molecule has 3 rings (SSSR count). The molecular formula is C17H25BrN2. The zero-order valence-electron chi connectivity index (χ0n) is 12.4. The lowest BCUT2D eigenvalue weighted by Gasteiger charge is -2.47. The molecule has 0 radical (unpaired) electrons. The van der Waals surface area contributed by atoms with Crippen molar-refractivity contribution in [3.05, 3.63) is 34.3 Å². The summed E-state index contributed by atoms with van der Waals surface area (Å²) in [5.74, 6) is 0.810. The van der Waals surface area contributed by atoms with Crippen molar-refractivity contribution in [1.29, 1.82) is 0 Å². The lowest BCUT2D eigenvalue weighted by Crippen LogP contribution is -2.51. The summed E-state index contributed by atoms with van der Waals surface area (Å²) in [6.45, 7) is 4.82. The fourth-order valence-corrected chi connectivity index (χ4v) is 4.83. The molecule has 0 saturated carbocycles. The van der Waals surface area contributed by atoms with Crippen LogP contribution in [0.25, 0.3) is 0 Å². The van der Waals surface area contributed by atoms with Crippen LogP contribution in [-0.4, -0.2) is 38.1 Å². The van der Waals surface area contributed by atoms with E-state index in [1.54, 1.807) is 0 Å². The van der Waals surface area contributed by atoms with Gasteiger partial charge < -0.3 is 10.2 Å². The standard InChI is InChI=1S/C17H25BrN2/c1-20-11-7-14(8-12-20)17(9-4-10-19-13-17)15-5-2-3-6-16(15)18/h2-3,5-6,14,19H,4,7-13H2,1H3. The third kappa shape index (κ3) is 2.68. The van der Waals surface area contributed by atoms with Crippen molar-refractivity contribution in [2.45, 2.75) is 31.1 Å². The molecule has 110 valence electrons. The number of hydrogen-bond donors (Lipinski definition) is 1. The monoisotopic (exact) mass is 336 g/mol. The van der Waals surface area contributed by atoms with Gasteiger partial charge in [-0.05, 0) is 69.9 Å². The van der Waals surface area contributed by atoms with E-state index >= 15 is 0 Å². The van der Waals surface area contributed by atoms with Gasteiger partial charge in [0.2, 0.25) is 0 Å². The van der Waals surface area contributed by atoms with Crippen molar-refractivity contribution in [2.75, 3.05) is 33.2 Å². The second-order valence-electron chi connectivity index (χ2n) is 6.49. The fourth-order valence-electron chi connectivity index (χ4n) is 4.15. The summed E-state index contributed by atoms with van der Waals surface area (Å²) < 4.78 is 1.29. The van der Waals surface area contributed by atoms with E-state index in [4.69, 9.17) is 0 Å². The largest absolute Gasteiger partial charge is 0.316 e. The highest BCUT2D eigenvalue weighted by Crippen LogP contribution is 2.45. The number of nitrogens with one attached hydrogen (secondary N) is 1. The molecule has 2 aliphatic heterocycles. The number of nitrogens with zero attached hydrogens (tertiary/aromatic N) is 1. The molecule has 0 aromatic heterocycles. The first kappa shape index (κ1) is 14.6. The van der Waals surface area contributed by atoms with Crippen LogP contribution in [0.15, 0.2) is 28.7 Å². The first-order valence-electron chi connectivity index (χ1n) is 7.87. The van der Waals surface area contributed by atoms with Crippen LogP contribution in [0.3, 0.4) is 0 Å². The van der Waals surface area contributed by atoms with Gasteiger partial charge in [0.25, 0.3) is 0 Å². The van der Waals surface area contributed by atoms with Gasteiger partial charge >= 0.3 is 0 Å². The molecule has 1 N–H and O–H groups in total. The van der Waals surface area contributed by atoms with E-state index in [-0.39, 0.29) is 0 Å². The van der Waals surface area contributed by atoms with E-state index in [9.17, 15) is 0 Å². The highest BCUT2D eigenvalue weighted by Gasteiger charge is 2.42. The van der Waals surface area contributed by atoms with Crippen molar-refractivity contribution in [2.24, 2.45) is 5.92 Å². The number of piperidine rings is 2. The molecule has 3 heteroatoms. The Morgan fingerprint density at radius 2 is 2.00 bits per heavy atom. The van der Waals surface area contributed by atoms with E-state index in [2.05, 4.69) is 57.5 Å². The molecule has 1 aromatic carbocycles. The van der Waals surface area contributed by atoms with E-state index in [1.165, 1.54) is 55.4 Å². The maximum atomic E-state index is 3.81. The van der Waals surface area contributed by atoms with Gasteiger partial charge in [-0.3, -0.25) is 0 Å². The second kappa shape index (κ2) is 6.17. The van der Waals surface area contributed by atoms with Gasteiger partial charge in [0.15, 0.2) is 0 Å². The van der Waals surface area contributed by atoms with E-state index in [0.29, 0.717) is 5.41 Å². The fraction of sp³-hybridized carbons (Fsp3) is 0.647. The summed E-state index contributed by atoms with van der Waals surface area (Å²) in [7, 11) is 2.25. The summed E-state index contributed by atoms with van der Waals surface area (Å²) in [5.41, 5.74) is 1.86. The van der Waals surface area contributed by atoms with Gasteiger partial charge in [-0.2, -0.15) is 0 Å². The van der Waals surface area contributed by atoms with E-state index in [1.807, 2.05) is 0 Å². The molecule has 2 heterocycles. The average molecular weight is 337 g/mol. The topological polar surface area (TPSA) is 15.3 Å². The molecule has 1 atom stereocenters. The van der Waals surface area contributed by atoms with Gasteiger partial charge in [-0.25, -0.2) is 0 Å². The Labute approximate surface area is 131 Å². The number of benzene rings is 1. The third-order valence-electron chi connectivity index (χ3n) is 5.33. The molecule has 0 amide bonds. The lowest BCUT2D eigenvalue weighted by molar-refractivity contribution is 0.121.